The molecule has 1 atom stereocenters. The molecule has 2 heteroatoms. The Morgan fingerprint density at radius 3 is 2.36 bits per heavy atom. The van der Waals surface area contributed by atoms with Gasteiger partial charge in [-0.25, -0.2) is 0 Å². The van der Waals surface area contributed by atoms with Crippen LogP contribution in [0.2, 0.25) is 0 Å². The third-order valence-electron chi connectivity index (χ3n) is 2.13. The van der Waals surface area contributed by atoms with Gasteiger partial charge in [-0.2, -0.15) is 0 Å². The smallest absolute Gasteiger partial charge is 0.118 e. The van der Waals surface area contributed by atoms with Crippen molar-refractivity contribution in [3.8, 4) is 5.75 Å². The van der Waals surface area contributed by atoms with Crippen LogP contribution in [0.5, 0.6) is 5.75 Å². The van der Waals surface area contributed by atoms with Crippen LogP contribution in [-0.2, 0) is 11.2 Å². The van der Waals surface area contributed by atoms with E-state index >= 15 is 0 Å². The van der Waals surface area contributed by atoms with Crippen molar-refractivity contribution >= 4 is 0 Å². The summed E-state index contributed by atoms with van der Waals surface area (Å²) in [6, 6.07) is 8.12. The summed E-state index contributed by atoms with van der Waals surface area (Å²) in [5.74, 6) is 0.901. The van der Waals surface area contributed by atoms with Crippen LogP contribution < -0.4 is 4.74 Å². The summed E-state index contributed by atoms with van der Waals surface area (Å²) in [4.78, 5) is 0. The van der Waals surface area contributed by atoms with E-state index < -0.39 is 0 Å². The van der Waals surface area contributed by atoms with Crippen LogP contribution in [-0.4, -0.2) is 19.8 Å². The summed E-state index contributed by atoms with van der Waals surface area (Å²) in [6.45, 7) is 4.88. The molecule has 0 aliphatic carbocycles. The van der Waals surface area contributed by atoms with Gasteiger partial charge in [-0.15, -0.1) is 0 Å². The highest BCUT2D eigenvalue weighted by molar-refractivity contribution is 5.27. The van der Waals surface area contributed by atoms with Crippen LogP contribution in [0.3, 0.4) is 0 Å². The molecule has 0 spiro atoms. The maximum absolute atomic E-state index is 5.47. The first-order chi connectivity index (χ1) is 6.76. The number of hydrogen-bond acceptors (Lipinski definition) is 2. The third kappa shape index (κ3) is 3.38. The fraction of sp³-hybridized carbons (Fsp3) is 0.500. The highest BCUT2D eigenvalue weighted by Gasteiger charge is 2.02. The van der Waals surface area contributed by atoms with Crippen LogP contribution in [0.1, 0.15) is 19.4 Å². The maximum Gasteiger partial charge on any atom is 0.118 e. The van der Waals surface area contributed by atoms with Gasteiger partial charge in [0.05, 0.1) is 13.2 Å². The molecule has 0 heterocycles. The van der Waals surface area contributed by atoms with E-state index in [4.69, 9.17) is 9.47 Å². The molecule has 0 aliphatic heterocycles. The molecule has 0 radical (unpaired) electrons. The van der Waals surface area contributed by atoms with Crippen molar-refractivity contribution < 1.29 is 9.47 Å². The SMILES string of the molecule is CCOC(C)Cc1ccc(OC)cc1. The maximum atomic E-state index is 5.47. The molecule has 1 unspecified atom stereocenters. The lowest BCUT2D eigenvalue weighted by molar-refractivity contribution is 0.0768. The molecule has 0 aromatic heterocycles. The first kappa shape index (κ1) is 11.1. The number of ether oxygens (including phenoxy) is 2. The molecule has 0 aliphatic rings. The molecule has 1 aromatic rings. The first-order valence-corrected chi connectivity index (χ1v) is 5.00. The van der Waals surface area contributed by atoms with Crippen LogP contribution >= 0.6 is 0 Å². The molecule has 2 nitrogen and oxygen atoms in total. The van der Waals surface area contributed by atoms with Crippen LogP contribution in [0.25, 0.3) is 0 Å². The second kappa shape index (κ2) is 5.66. The van der Waals surface area contributed by atoms with Crippen molar-refractivity contribution in [2.75, 3.05) is 13.7 Å². The molecule has 0 fully saturated rings. The lowest BCUT2D eigenvalue weighted by Crippen LogP contribution is -2.11. The Bertz CT molecular complexity index is 254. The van der Waals surface area contributed by atoms with Gasteiger partial charge in [0.2, 0.25) is 0 Å². The summed E-state index contributed by atoms with van der Waals surface area (Å²) < 4.78 is 10.6. The van der Waals surface area contributed by atoms with Gasteiger partial charge < -0.3 is 9.47 Å². The van der Waals surface area contributed by atoms with Gasteiger partial charge in [0.15, 0.2) is 0 Å². The average molecular weight is 194 g/mol. The summed E-state index contributed by atoms with van der Waals surface area (Å²) in [6.07, 6.45) is 1.24. The van der Waals surface area contributed by atoms with Crippen molar-refractivity contribution in [3.05, 3.63) is 29.8 Å². The molecule has 0 amide bonds. The number of rotatable bonds is 5. The van der Waals surface area contributed by atoms with Gasteiger partial charge in [0, 0.05) is 6.61 Å². The number of methoxy groups -OCH3 is 1. The van der Waals surface area contributed by atoms with E-state index in [1.165, 1.54) is 5.56 Å². The van der Waals surface area contributed by atoms with Crippen LogP contribution in [0.15, 0.2) is 24.3 Å². The Labute approximate surface area is 85.8 Å². The van der Waals surface area contributed by atoms with Gasteiger partial charge in [-0.05, 0) is 38.0 Å². The number of benzene rings is 1. The summed E-state index contributed by atoms with van der Waals surface area (Å²) in [5, 5.41) is 0. The zero-order valence-corrected chi connectivity index (χ0v) is 9.12. The minimum atomic E-state index is 0.286. The van der Waals surface area contributed by atoms with Gasteiger partial charge >= 0.3 is 0 Å². The van der Waals surface area contributed by atoms with Crippen molar-refractivity contribution in [2.24, 2.45) is 0 Å². The summed E-state index contributed by atoms with van der Waals surface area (Å²) in [7, 11) is 1.68. The summed E-state index contributed by atoms with van der Waals surface area (Å²) >= 11 is 0. The Balaban J connectivity index is 2.50. The number of hydrogen-bond donors (Lipinski definition) is 0. The van der Waals surface area contributed by atoms with Gasteiger partial charge in [-0.1, -0.05) is 12.1 Å². The van der Waals surface area contributed by atoms with E-state index in [2.05, 4.69) is 19.1 Å². The largest absolute Gasteiger partial charge is 0.497 e. The van der Waals surface area contributed by atoms with Crippen molar-refractivity contribution in [1.29, 1.82) is 0 Å². The molecule has 0 saturated heterocycles. The Hall–Kier alpha value is -1.02. The average Bonchev–Trinajstić information content (AvgIpc) is 2.19. The van der Waals surface area contributed by atoms with E-state index in [0.717, 1.165) is 18.8 Å². The fourth-order valence-electron chi connectivity index (χ4n) is 1.44. The first-order valence-electron chi connectivity index (χ1n) is 5.00. The Morgan fingerprint density at radius 2 is 1.86 bits per heavy atom. The fourth-order valence-corrected chi connectivity index (χ4v) is 1.44. The Morgan fingerprint density at radius 1 is 1.21 bits per heavy atom. The quantitative estimate of drug-likeness (QED) is 0.717. The molecule has 14 heavy (non-hydrogen) atoms. The molecule has 1 rings (SSSR count). The minimum absolute atomic E-state index is 0.286. The van der Waals surface area contributed by atoms with E-state index in [-0.39, 0.29) is 6.10 Å². The summed E-state index contributed by atoms with van der Waals surface area (Å²) in [5.41, 5.74) is 1.28. The lowest BCUT2D eigenvalue weighted by Gasteiger charge is -2.11. The van der Waals surface area contributed by atoms with Crippen molar-refractivity contribution in [2.45, 2.75) is 26.4 Å². The van der Waals surface area contributed by atoms with Gasteiger partial charge in [-0.3, -0.25) is 0 Å². The predicted octanol–water partition coefficient (Wildman–Crippen LogP) is 2.66. The van der Waals surface area contributed by atoms with Crippen LogP contribution in [0, 0.1) is 0 Å². The van der Waals surface area contributed by atoms with Crippen molar-refractivity contribution in [3.63, 3.8) is 0 Å². The molecule has 0 saturated carbocycles. The zero-order valence-electron chi connectivity index (χ0n) is 9.12. The molecular formula is C12H18O2. The second-order valence-electron chi connectivity index (χ2n) is 3.32. The lowest BCUT2D eigenvalue weighted by atomic mass is 10.1. The highest BCUT2D eigenvalue weighted by atomic mass is 16.5. The second-order valence-corrected chi connectivity index (χ2v) is 3.32. The van der Waals surface area contributed by atoms with Crippen molar-refractivity contribution in [1.82, 2.24) is 0 Å². The Kier molecular flexibility index (Phi) is 4.47. The molecule has 0 N–H and O–H groups in total. The molecule has 0 bridgehead atoms. The van der Waals surface area contributed by atoms with E-state index in [1.54, 1.807) is 7.11 Å². The highest BCUT2D eigenvalue weighted by Crippen LogP contribution is 2.13. The monoisotopic (exact) mass is 194 g/mol. The van der Waals surface area contributed by atoms with Gasteiger partial charge in [0.1, 0.15) is 5.75 Å². The third-order valence-corrected chi connectivity index (χ3v) is 2.13. The molecule has 1 aromatic carbocycles. The van der Waals surface area contributed by atoms with E-state index in [0.29, 0.717) is 0 Å². The minimum Gasteiger partial charge on any atom is -0.497 e. The van der Waals surface area contributed by atoms with Gasteiger partial charge in [0.25, 0.3) is 0 Å². The zero-order chi connectivity index (χ0) is 10.4. The molecule has 78 valence electrons. The van der Waals surface area contributed by atoms with Crippen LogP contribution in [0.4, 0.5) is 0 Å². The predicted molar refractivity (Wildman–Crippen MR) is 57.8 cm³/mol. The van der Waals surface area contributed by atoms with E-state index in [9.17, 15) is 0 Å². The normalized spacial score (nSPS) is 12.5. The molecular weight excluding hydrogens is 176 g/mol. The topological polar surface area (TPSA) is 18.5 Å². The standard InChI is InChI=1S/C12H18O2/c1-4-14-10(2)9-11-5-7-12(13-3)8-6-11/h5-8,10H,4,9H2,1-3H3. The van der Waals surface area contributed by atoms with E-state index in [1.807, 2.05) is 19.1 Å².